The first-order valence-electron chi connectivity index (χ1n) is 8.37. The van der Waals surface area contributed by atoms with E-state index in [1.54, 1.807) is 5.01 Å². The SMILES string of the molecule is CC.CC/C=C(/Cc1ccccc1)N(C)N.CCCN(C)C. The lowest BCUT2D eigenvalue weighted by atomic mass is 10.1. The first kappa shape index (κ1) is 23.0. The molecule has 0 atom stereocenters. The van der Waals surface area contributed by atoms with Gasteiger partial charge >= 0.3 is 0 Å². The minimum atomic E-state index is 0.904. The van der Waals surface area contributed by atoms with Gasteiger partial charge in [-0.2, -0.15) is 0 Å². The molecular formula is C19H37N3. The molecule has 0 saturated heterocycles. The van der Waals surface area contributed by atoms with Gasteiger partial charge in [-0.05, 0) is 39.0 Å². The number of rotatable bonds is 6. The summed E-state index contributed by atoms with van der Waals surface area (Å²) in [6.07, 6.45) is 5.34. The molecule has 0 spiro atoms. The van der Waals surface area contributed by atoms with Crippen molar-refractivity contribution in [2.75, 3.05) is 27.7 Å². The van der Waals surface area contributed by atoms with Crippen LogP contribution in [0.3, 0.4) is 0 Å². The fourth-order valence-electron chi connectivity index (χ4n) is 1.83. The van der Waals surface area contributed by atoms with Crippen LogP contribution in [0.1, 0.15) is 46.1 Å². The second kappa shape index (κ2) is 16.1. The van der Waals surface area contributed by atoms with Crippen molar-refractivity contribution < 1.29 is 0 Å². The van der Waals surface area contributed by atoms with Crippen molar-refractivity contribution in [1.82, 2.24) is 9.91 Å². The normalized spacial score (nSPS) is 10.3. The monoisotopic (exact) mass is 307 g/mol. The zero-order valence-corrected chi connectivity index (χ0v) is 15.8. The molecule has 1 aromatic carbocycles. The van der Waals surface area contributed by atoms with Crippen LogP contribution >= 0.6 is 0 Å². The summed E-state index contributed by atoms with van der Waals surface area (Å²) in [7, 11) is 6.05. The summed E-state index contributed by atoms with van der Waals surface area (Å²) in [5.74, 6) is 5.74. The predicted molar refractivity (Wildman–Crippen MR) is 101 cm³/mol. The average molecular weight is 308 g/mol. The van der Waals surface area contributed by atoms with Gasteiger partial charge in [-0.15, -0.1) is 0 Å². The molecule has 0 aliphatic heterocycles. The fraction of sp³-hybridized carbons (Fsp3) is 0.579. The Kier molecular flexibility index (Phi) is 16.8. The van der Waals surface area contributed by atoms with Gasteiger partial charge in [0, 0.05) is 19.2 Å². The van der Waals surface area contributed by atoms with Crippen molar-refractivity contribution in [1.29, 1.82) is 0 Å². The number of nitrogens with two attached hydrogens (primary N) is 1. The Labute approximate surface area is 138 Å². The zero-order valence-electron chi connectivity index (χ0n) is 15.8. The van der Waals surface area contributed by atoms with Gasteiger partial charge in [-0.3, -0.25) is 0 Å². The van der Waals surface area contributed by atoms with Crippen molar-refractivity contribution in [2.24, 2.45) is 5.84 Å². The lowest BCUT2D eigenvalue weighted by molar-refractivity contribution is 0.408. The van der Waals surface area contributed by atoms with Crippen LogP contribution in [0.25, 0.3) is 0 Å². The number of allylic oxidation sites excluding steroid dienone is 2. The maximum atomic E-state index is 5.74. The van der Waals surface area contributed by atoms with Gasteiger partial charge in [-0.1, -0.05) is 64.1 Å². The van der Waals surface area contributed by atoms with E-state index in [9.17, 15) is 0 Å². The van der Waals surface area contributed by atoms with Crippen molar-refractivity contribution >= 4 is 0 Å². The third kappa shape index (κ3) is 13.7. The summed E-state index contributed by atoms with van der Waals surface area (Å²) in [6, 6.07) is 10.4. The lowest BCUT2D eigenvalue weighted by Gasteiger charge is -2.16. The molecule has 0 aliphatic rings. The minimum absolute atomic E-state index is 0.904. The smallest absolute Gasteiger partial charge is 0.0291 e. The number of hydrogen-bond acceptors (Lipinski definition) is 3. The number of nitrogens with zero attached hydrogens (tertiary/aromatic N) is 2. The van der Waals surface area contributed by atoms with Gasteiger partial charge in [0.05, 0.1) is 0 Å². The van der Waals surface area contributed by atoms with Gasteiger partial charge in [-0.25, -0.2) is 5.84 Å². The van der Waals surface area contributed by atoms with Crippen LogP contribution in [0.5, 0.6) is 0 Å². The molecule has 0 aromatic heterocycles. The molecule has 0 heterocycles. The molecule has 0 amide bonds. The molecule has 22 heavy (non-hydrogen) atoms. The Morgan fingerprint density at radius 2 is 1.59 bits per heavy atom. The number of hydrazine groups is 1. The number of benzene rings is 1. The maximum absolute atomic E-state index is 5.74. The minimum Gasteiger partial charge on any atom is -0.318 e. The quantitative estimate of drug-likeness (QED) is 0.628. The third-order valence-electron chi connectivity index (χ3n) is 2.79. The van der Waals surface area contributed by atoms with Crippen molar-refractivity contribution in [3.63, 3.8) is 0 Å². The number of likely N-dealkylation sites (N-methyl/N-ethyl adjacent to an activating group) is 1. The second-order valence-corrected chi connectivity index (χ2v) is 5.18. The highest BCUT2D eigenvalue weighted by Gasteiger charge is 2.00. The predicted octanol–water partition coefficient (Wildman–Crippen LogP) is 4.31. The largest absolute Gasteiger partial charge is 0.318 e. The summed E-state index contributed by atoms with van der Waals surface area (Å²) in [4.78, 5) is 2.18. The molecule has 0 saturated carbocycles. The van der Waals surface area contributed by atoms with Gasteiger partial charge in [0.1, 0.15) is 0 Å². The van der Waals surface area contributed by atoms with Crippen molar-refractivity contribution in [3.05, 3.63) is 47.7 Å². The molecule has 128 valence electrons. The fourth-order valence-corrected chi connectivity index (χ4v) is 1.83. The van der Waals surface area contributed by atoms with Crippen molar-refractivity contribution in [3.8, 4) is 0 Å². The molecule has 3 heteroatoms. The van der Waals surface area contributed by atoms with E-state index in [1.807, 2.05) is 27.0 Å². The van der Waals surface area contributed by atoms with Gasteiger partial charge < -0.3 is 9.91 Å². The van der Waals surface area contributed by atoms with Crippen LogP contribution in [0.4, 0.5) is 0 Å². The van der Waals surface area contributed by atoms with E-state index in [0.717, 1.165) is 12.8 Å². The summed E-state index contributed by atoms with van der Waals surface area (Å²) in [6.45, 7) is 9.51. The van der Waals surface area contributed by atoms with E-state index in [4.69, 9.17) is 5.84 Å². The van der Waals surface area contributed by atoms with Crippen LogP contribution in [-0.2, 0) is 6.42 Å². The molecule has 3 nitrogen and oxygen atoms in total. The summed E-state index contributed by atoms with van der Waals surface area (Å²) in [5.41, 5.74) is 2.46. The van der Waals surface area contributed by atoms with E-state index in [-0.39, 0.29) is 0 Å². The molecule has 0 radical (unpaired) electrons. The Hall–Kier alpha value is -1.32. The molecule has 0 aliphatic carbocycles. The van der Waals surface area contributed by atoms with E-state index >= 15 is 0 Å². The van der Waals surface area contributed by atoms with E-state index in [1.165, 1.54) is 24.2 Å². The Morgan fingerprint density at radius 3 is 1.91 bits per heavy atom. The molecule has 2 N–H and O–H groups in total. The maximum Gasteiger partial charge on any atom is 0.0291 e. The first-order valence-corrected chi connectivity index (χ1v) is 8.37. The van der Waals surface area contributed by atoms with E-state index in [2.05, 4.69) is 63.2 Å². The van der Waals surface area contributed by atoms with E-state index < -0.39 is 0 Å². The molecule has 0 unspecified atom stereocenters. The standard InChI is InChI=1S/C12H18N2.C5H13N.C2H6/c1-3-7-12(14(2)13)10-11-8-5-4-6-9-11;1-4-5-6(2)3;1-2/h4-9H,3,10,13H2,1-2H3;4-5H2,1-3H3;1-2H3/b12-7-;;. The first-order chi connectivity index (χ1) is 10.5. The van der Waals surface area contributed by atoms with Crippen LogP contribution in [0.2, 0.25) is 0 Å². The molecular weight excluding hydrogens is 270 g/mol. The Morgan fingerprint density at radius 1 is 1.05 bits per heavy atom. The second-order valence-electron chi connectivity index (χ2n) is 5.18. The Balaban J connectivity index is 0. The molecule has 0 bridgehead atoms. The topological polar surface area (TPSA) is 32.5 Å². The van der Waals surface area contributed by atoms with E-state index in [0.29, 0.717) is 0 Å². The van der Waals surface area contributed by atoms with Crippen LogP contribution < -0.4 is 5.84 Å². The summed E-state index contributed by atoms with van der Waals surface area (Å²) < 4.78 is 0. The van der Waals surface area contributed by atoms with Crippen LogP contribution in [0.15, 0.2) is 42.1 Å². The lowest BCUT2D eigenvalue weighted by Crippen LogP contribution is -2.26. The highest BCUT2D eigenvalue weighted by atomic mass is 15.4. The highest BCUT2D eigenvalue weighted by molar-refractivity contribution is 5.20. The molecule has 1 rings (SSSR count). The van der Waals surface area contributed by atoms with Crippen LogP contribution in [-0.4, -0.2) is 37.6 Å². The van der Waals surface area contributed by atoms with Gasteiger partial charge in [0.25, 0.3) is 0 Å². The zero-order chi connectivity index (χ0) is 17.4. The average Bonchev–Trinajstić information content (AvgIpc) is 2.50. The third-order valence-corrected chi connectivity index (χ3v) is 2.79. The Bertz CT molecular complexity index is 356. The van der Waals surface area contributed by atoms with Crippen LogP contribution in [0, 0.1) is 0 Å². The van der Waals surface area contributed by atoms with Crippen molar-refractivity contribution in [2.45, 2.75) is 47.0 Å². The molecule has 1 aromatic rings. The summed E-state index contributed by atoms with van der Waals surface area (Å²) in [5, 5.41) is 1.69. The highest BCUT2D eigenvalue weighted by Crippen LogP contribution is 2.09. The number of hydrogen-bond donors (Lipinski definition) is 1. The van der Waals surface area contributed by atoms with Gasteiger partial charge in [0.2, 0.25) is 0 Å². The summed E-state index contributed by atoms with van der Waals surface area (Å²) >= 11 is 0. The molecule has 0 fully saturated rings. The van der Waals surface area contributed by atoms with Gasteiger partial charge in [0.15, 0.2) is 0 Å².